The summed E-state index contributed by atoms with van der Waals surface area (Å²) in [5, 5.41) is 4.29. The van der Waals surface area contributed by atoms with Gasteiger partial charge in [-0.3, -0.25) is 4.79 Å². The van der Waals surface area contributed by atoms with Gasteiger partial charge in [-0.05, 0) is 19.1 Å². The number of carbonyl (C=O) groups is 1. The van der Waals surface area contributed by atoms with Crippen molar-refractivity contribution in [2.24, 2.45) is 0 Å². The first kappa shape index (κ1) is 11.3. The van der Waals surface area contributed by atoms with Crippen LogP contribution in [0.15, 0.2) is 24.4 Å². The molecule has 2 aromatic rings. The Labute approximate surface area is 106 Å². The summed E-state index contributed by atoms with van der Waals surface area (Å²) in [6, 6.07) is 6.15. The Balaban J connectivity index is 1.98. The van der Waals surface area contributed by atoms with Crippen LogP contribution in [0.25, 0.3) is 10.9 Å². The molecule has 0 aliphatic carbocycles. The summed E-state index contributed by atoms with van der Waals surface area (Å²) >= 11 is 0. The number of aromatic amines is 1. The molecule has 1 aliphatic rings. The number of H-pyrrole nitrogens is 1. The number of benzene rings is 1. The van der Waals surface area contributed by atoms with E-state index in [-0.39, 0.29) is 5.91 Å². The normalized spacial score (nSPS) is 16.2. The highest BCUT2D eigenvalue weighted by atomic mass is 16.2. The van der Waals surface area contributed by atoms with Crippen LogP contribution in [-0.2, 0) is 0 Å². The lowest BCUT2D eigenvalue weighted by Crippen LogP contribution is -2.46. The molecule has 2 N–H and O–H groups in total. The molecule has 1 aromatic heterocycles. The number of piperazine rings is 1. The lowest BCUT2D eigenvalue weighted by molar-refractivity contribution is 0.0738. The summed E-state index contributed by atoms with van der Waals surface area (Å²) in [4.78, 5) is 17.6. The fourth-order valence-electron chi connectivity index (χ4n) is 2.45. The minimum absolute atomic E-state index is 0.133. The van der Waals surface area contributed by atoms with Crippen molar-refractivity contribution in [3.63, 3.8) is 0 Å². The van der Waals surface area contributed by atoms with Gasteiger partial charge < -0.3 is 15.2 Å². The third-order valence-electron chi connectivity index (χ3n) is 3.47. The smallest absolute Gasteiger partial charge is 0.256 e. The Bertz CT molecular complexity index is 582. The third-order valence-corrected chi connectivity index (χ3v) is 3.47. The molecule has 0 bridgehead atoms. The zero-order chi connectivity index (χ0) is 12.5. The Morgan fingerprint density at radius 1 is 1.28 bits per heavy atom. The minimum Gasteiger partial charge on any atom is -0.360 e. The number of hydrogen-bond acceptors (Lipinski definition) is 2. The molecule has 1 aliphatic heterocycles. The maximum absolute atomic E-state index is 12.5. The second kappa shape index (κ2) is 4.46. The monoisotopic (exact) mass is 243 g/mol. The van der Waals surface area contributed by atoms with Gasteiger partial charge in [-0.2, -0.15) is 0 Å². The molecular formula is C14H17N3O. The van der Waals surface area contributed by atoms with Crippen LogP contribution in [0.5, 0.6) is 0 Å². The number of amides is 1. The Kier molecular flexibility index (Phi) is 2.80. The van der Waals surface area contributed by atoms with E-state index in [0.29, 0.717) is 0 Å². The van der Waals surface area contributed by atoms with Gasteiger partial charge in [-0.1, -0.05) is 11.6 Å². The van der Waals surface area contributed by atoms with Gasteiger partial charge in [0.15, 0.2) is 0 Å². The average molecular weight is 243 g/mol. The molecular weight excluding hydrogens is 226 g/mol. The van der Waals surface area contributed by atoms with Crippen molar-refractivity contribution < 1.29 is 4.79 Å². The first-order valence-corrected chi connectivity index (χ1v) is 6.33. The second-order valence-corrected chi connectivity index (χ2v) is 4.79. The van der Waals surface area contributed by atoms with Gasteiger partial charge in [-0.15, -0.1) is 0 Å². The zero-order valence-corrected chi connectivity index (χ0v) is 10.5. The summed E-state index contributed by atoms with van der Waals surface area (Å²) < 4.78 is 0. The van der Waals surface area contributed by atoms with E-state index in [0.717, 1.165) is 42.6 Å². The lowest BCUT2D eigenvalue weighted by atomic mass is 10.1. The van der Waals surface area contributed by atoms with E-state index in [1.807, 2.05) is 24.1 Å². The van der Waals surface area contributed by atoms with E-state index in [1.165, 1.54) is 5.56 Å². The van der Waals surface area contributed by atoms with Crippen molar-refractivity contribution in [3.8, 4) is 0 Å². The predicted molar refractivity (Wildman–Crippen MR) is 71.8 cm³/mol. The lowest BCUT2D eigenvalue weighted by Gasteiger charge is -2.27. The highest BCUT2D eigenvalue weighted by Gasteiger charge is 2.20. The van der Waals surface area contributed by atoms with E-state index in [4.69, 9.17) is 0 Å². The predicted octanol–water partition coefficient (Wildman–Crippen LogP) is 1.52. The SMILES string of the molecule is Cc1ccc2[nH]cc(C(=O)N3CCNCC3)c2c1. The van der Waals surface area contributed by atoms with E-state index in [9.17, 15) is 4.79 Å². The largest absolute Gasteiger partial charge is 0.360 e. The molecule has 18 heavy (non-hydrogen) atoms. The number of carbonyl (C=O) groups excluding carboxylic acids is 1. The summed E-state index contributed by atoms with van der Waals surface area (Å²) in [6.45, 7) is 5.39. The molecule has 94 valence electrons. The maximum atomic E-state index is 12.5. The highest BCUT2D eigenvalue weighted by molar-refractivity contribution is 6.06. The van der Waals surface area contributed by atoms with Gasteiger partial charge in [-0.25, -0.2) is 0 Å². The summed E-state index contributed by atoms with van der Waals surface area (Å²) in [5.74, 6) is 0.133. The highest BCUT2D eigenvalue weighted by Crippen LogP contribution is 2.21. The van der Waals surface area contributed by atoms with Crippen LogP contribution < -0.4 is 5.32 Å². The Hall–Kier alpha value is -1.81. The van der Waals surface area contributed by atoms with Crippen LogP contribution in [0.2, 0.25) is 0 Å². The molecule has 0 saturated carbocycles. The van der Waals surface area contributed by atoms with Crippen LogP contribution in [0.4, 0.5) is 0 Å². The molecule has 0 atom stereocenters. The van der Waals surface area contributed by atoms with E-state index in [1.54, 1.807) is 0 Å². The number of nitrogens with zero attached hydrogens (tertiary/aromatic N) is 1. The number of rotatable bonds is 1. The van der Waals surface area contributed by atoms with Gasteiger partial charge in [0.25, 0.3) is 5.91 Å². The van der Waals surface area contributed by atoms with Crippen LogP contribution in [0.3, 0.4) is 0 Å². The average Bonchev–Trinajstić information content (AvgIpc) is 2.82. The van der Waals surface area contributed by atoms with Gasteiger partial charge in [0.2, 0.25) is 0 Å². The Morgan fingerprint density at radius 2 is 2.06 bits per heavy atom. The number of fused-ring (bicyclic) bond motifs is 1. The van der Waals surface area contributed by atoms with Crippen molar-refractivity contribution in [1.82, 2.24) is 15.2 Å². The van der Waals surface area contributed by atoms with E-state index < -0.39 is 0 Å². The van der Waals surface area contributed by atoms with Crippen LogP contribution in [0.1, 0.15) is 15.9 Å². The topological polar surface area (TPSA) is 48.1 Å². The van der Waals surface area contributed by atoms with Gasteiger partial charge in [0.1, 0.15) is 0 Å². The quantitative estimate of drug-likeness (QED) is 0.798. The van der Waals surface area contributed by atoms with Crippen molar-refractivity contribution in [3.05, 3.63) is 35.5 Å². The Morgan fingerprint density at radius 3 is 2.83 bits per heavy atom. The third kappa shape index (κ3) is 1.88. The van der Waals surface area contributed by atoms with Crippen molar-refractivity contribution in [2.45, 2.75) is 6.92 Å². The molecule has 4 heteroatoms. The van der Waals surface area contributed by atoms with E-state index in [2.05, 4.69) is 22.4 Å². The maximum Gasteiger partial charge on any atom is 0.256 e. The number of aryl methyl sites for hydroxylation is 1. The van der Waals surface area contributed by atoms with Gasteiger partial charge in [0.05, 0.1) is 5.56 Å². The molecule has 2 heterocycles. The zero-order valence-electron chi connectivity index (χ0n) is 10.5. The summed E-state index contributed by atoms with van der Waals surface area (Å²) in [6.07, 6.45) is 1.83. The summed E-state index contributed by atoms with van der Waals surface area (Å²) in [7, 11) is 0. The number of aromatic nitrogens is 1. The molecule has 3 rings (SSSR count). The van der Waals surface area contributed by atoms with Crippen molar-refractivity contribution >= 4 is 16.8 Å². The van der Waals surface area contributed by atoms with Gasteiger partial charge in [0, 0.05) is 43.3 Å². The van der Waals surface area contributed by atoms with E-state index >= 15 is 0 Å². The standard InChI is InChI=1S/C14H17N3O/c1-10-2-3-13-11(8-10)12(9-16-13)14(18)17-6-4-15-5-7-17/h2-3,8-9,15-16H,4-7H2,1H3. The van der Waals surface area contributed by atoms with Crippen molar-refractivity contribution in [2.75, 3.05) is 26.2 Å². The molecule has 1 fully saturated rings. The number of hydrogen-bond donors (Lipinski definition) is 2. The summed E-state index contributed by atoms with van der Waals surface area (Å²) in [5.41, 5.74) is 2.99. The molecule has 4 nitrogen and oxygen atoms in total. The molecule has 0 unspecified atom stereocenters. The molecule has 0 radical (unpaired) electrons. The second-order valence-electron chi connectivity index (χ2n) is 4.79. The van der Waals surface area contributed by atoms with Crippen molar-refractivity contribution in [1.29, 1.82) is 0 Å². The fourth-order valence-corrected chi connectivity index (χ4v) is 2.45. The first-order valence-electron chi connectivity index (χ1n) is 6.33. The fraction of sp³-hybridized carbons (Fsp3) is 0.357. The molecule has 1 amide bonds. The minimum atomic E-state index is 0.133. The first-order chi connectivity index (χ1) is 8.75. The number of nitrogens with one attached hydrogen (secondary N) is 2. The van der Waals surface area contributed by atoms with Crippen LogP contribution in [-0.4, -0.2) is 42.0 Å². The van der Waals surface area contributed by atoms with Gasteiger partial charge >= 0.3 is 0 Å². The molecule has 1 aromatic carbocycles. The van der Waals surface area contributed by atoms with Crippen LogP contribution >= 0.6 is 0 Å². The van der Waals surface area contributed by atoms with Crippen LogP contribution in [0, 0.1) is 6.92 Å². The molecule has 0 spiro atoms. The molecule has 1 saturated heterocycles.